The van der Waals surface area contributed by atoms with Crippen molar-refractivity contribution in [3.8, 4) is 0 Å². The predicted octanol–water partition coefficient (Wildman–Crippen LogP) is 3.94. The monoisotopic (exact) mass is 425 g/mol. The van der Waals surface area contributed by atoms with E-state index >= 15 is 0 Å². The molecule has 5 nitrogen and oxygen atoms in total. The minimum Gasteiger partial charge on any atom is -0.390 e. The van der Waals surface area contributed by atoms with Crippen LogP contribution in [0.1, 0.15) is 31.2 Å². The molecular formula is C24H31N3O2S. The molecule has 0 spiro atoms. The molecular weight excluding hydrogens is 394 g/mol. The Kier molecular flexibility index (Phi) is 6.66. The van der Waals surface area contributed by atoms with Gasteiger partial charge >= 0.3 is 0 Å². The third-order valence-electron chi connectivity index (χ3n) is 6.15. The molecule has 1 atom stereocenters. The molecule has 0 saturated carbocycles. The number of hydrogen-bond donors (Lipinski definition) is 2. The summed E-state index contributed by atoms with van der Waals surface area (Å²) in [5, 5.41) is 11.0. The van der Waals surface area contributed by atoms with Crippen LogP contribution in [-0.2, 0) is 4.79 Å². The summed E-state index contributed by atoms with van der Waals surface area (Å²) in [6.07, 6.45) is 3.09. The van der Waals surface area contributed by atoms with Gasteiger partial charge in [-0.25, -0.2) is 0 Å². The van der Waals surface area contributed by atoms with Crippen molar-refractivity contribution in [2.75, 3.05) is 31.1 Å². The number of nitrogens with zero attached hydrogens (tertiary/aromatic N) is 2. The zero-order chi connectivity index (χ0) is 21.1. The molecule has 0 bridgehead atoms. The van der Waals surface area contributed by atoms with E-state index < -0.39 is 6.10 Å². The molecule has 160 valence electrons. The van der Waals surface area contributed by atoms with Crippen molar-refractivity contribution in [2.24, 2.45) is 11.7 Å². The summed E-state index contributed by atoms with van der Waals surface area (Å²) in [6, 6.07) is 15.0. The van der Waals surface area contributed by atoms with Crippen LogP contribution < -0.4 is 10.6 Å². The minimum absolute atomic E-state index is 0.205. The Morgan fingerprint density at radius 2 is 1.87 bits per heavy atom. The molecule has 6 heteroatoms. The Balaban J connectivity index is 1.40. The van der Waals surface area contributed by atoms with Gasteiger partial charge in [0.15, 0.2) is 0 Å². The molecule has 0 aromatic heterocycles. The van der Waals surface area contributed by atoms with E-state index in [0.29, 0.717) is 25.4 Å². The van der Waals surface area contributed by atoms with Gasteiger partial charge in [-0.1, -0.05) is 30.0 Å². The number of nitrogens with two attached hydrogens (primary N) is 1. The number of likely N-dealkylation sites (tertiary alicyclic amines) is 1. The molecule has 1 amide bonds. The lowest BCUT2D eigenvalue weighted by atomic mass is 9.92. The van der Waals surface area contributed by atoms with Gasteiger partial charge in [-0.15, -0.1) is 0 Å². The lowest BCUT2D eigenvalue weighted by molar-refractivity contribution is -0.118. The van der Waals surface area contributed by atoms with E-state index in [1.165, 1.54) is 26.7 Å². The fraction of sp³-hybridized carbons (Fsp3) is 0.458. The molecule has 1 fully saturated rings. The number of amides is 1. The van der Waals surface area contributed by atoms with Crippen LogP contribution in [0.25, 0.3) is 0 Å². The number of benzene rings is 2. The van der Waals surface area contributed by atoms with Crippen LogP contribution in [0.3, 0.4) is 0 Å². The number of hydrogen-bond acceptors (Lipinski definition) is 5. The van der Waals surface area contributed by atoms with Crippen LogP contribution in [0, 0.1) is 12.8 Å². The maximum Gasteiger partial charge on any atom is 0.217 e. The van der Waals surface area contributed by atoms with Gasteiger partial charge in [0, 0.05) is 22.8 Å². The van der Waals surface area contributed by atoms with Gasteiger partial charge < -0.3 is 20.6 Å². The number of carbonyl (C=O) groups excluding carboxylic acids is 1. The van der Waals surface area contributed by atoms with Gasteiger partial charge in [0.05, 0.1) is 24.0 Å². The van der Waals surface area contributed by atoms with Gasteiger partial charge in [-0.05, 0) is 75.0 Å². The molecule has 2 aromatic rings. The molecule has 0 aliphatic carbocycles. The zero-order valence-electron chi connectivity index (χ0n) is 17.6. The first-order valence-corrected chi connectivity index (χ1v) is 11.6. The summed E-state index contributed by atoms with van der Waals surface area (Å²) >= 11 is 1.80. The van der Waals surface area contributed by atoms with E-state index in [4.69, 9.17) is 5.73 Å². The van der Waals surface area contributed by atoms with Gasteiger partial charge in [0.1, 0.15) is 0 Å². The van der Waals surface area contributed by atoms with Crippen molar-refractivity contribution >= 4 is 29.0 Å². The molecule has 2 heterocycles. The van der Waals surface area contributed by atoms with E-state index in [1.54, 1.807) is 11.8 Å². The largest absolute Gasteiger partial charge is 0.390 e. The Labute approximate surface area is 183 Å². The Hall–Kier alpha value is -2.02. The van der Waals surface area contributed by atoms with Gasteiger partial charge in [-0.3, -0.25) is 4.79 Å². The summed E-state index contributed by atoms with van der Waals surface area (Å²) in [6.45, 7) is 5.32. The summed E-state index contributed by atoms with van der Waals surface area (Å²) in [5.41, 5.74) is 8.86. The number of primary amides is 1. The molecule has 2 aromatic carbocycles. The minimum atomic E-state index is -0.434. The number of fused-ring (bicyclic) bond motifs is 2. The van der Waals surface area contributed by atoms with Crippen molar-refractivity contribution in [3.05, 3.63) is 48.0 Å². The Morgan fingerprint density at radius 3 is 2.63 bits per heavy atom. The van der Waals surface area contributed by atoms with Crippen molar-refractivity contribution in [1.29, 1.82) is 0 Å². The molecule has 1 saturated heterocycles. The number of piperidine rings is 1. The standard InChI is InChI=1S/C24H31N3O2S/c1-17-6-8-23-21(14-17)27(20-4-2-3-5-22(20)30-23)16-19(28)15-26-12-10-18(11-13-26)7-9-24(25)29/h2-6,8,14,18-19,28H,7,9-13,15-16H2,1H3,(H2,25,29). The van der Waals surface area contributed by atoms with Crippen LogP contribution in [0.4, 0.5) is 11.4 Å². The number of β-amino-alcohol motifs (C(OH)–C–C–N with tert-alkyl or cyclic N) is 1. The summed E-state index contributed by atoms with van der Waals surface area (Å²) in [5.74, 6) is 0.370. The maximum atomic E-state index is 11.0. The highest BCUT2D eigenvalue weighted by atomic mass is 32.2. The van der Waals surface area contributed by atoms with Crippen molar-refractivity contribution in [1.82, 2.24) is 4.90 Å². The first-order chi connectivity index (χ1) is 14.5. The molecule has 1 unspecified atom stereocenters. The average molecular weight is 426 g/mol. The number of aryl methyl sites for hydroxylation is 1. The number of anilines is 2. The van der Waals surface area contributed by atoms with Gasteiger partial charge in [0.2, 0.25) is 5.91 Å². The highest BCUT2D eigenvalue weighted by Crippen LogP contribution is 2.48. The zero-order valence-corrected chi connectivity index (χ0v) is 18.4. The number of aliphatic hydroxyl groups excluding tert-OH is 1. The van der Waals surface area contributed by atoms with Gasteiger partial charge in [0.25, 0.3) is 0 Å². The number of carbonyl (C=O) groups is 1. The van der Waals surface area contributed by atoms with Crippen LogP contribution in [0.5, 0.6) is 0 Å². The SMILES string of the molecule is Cc1ccc2c(c1)N(CC(O)CN1CCC(CCC(N)=O)CC1)c1ccccc1S2. The van der Waals surface area contributed by atoms with Crippen LogP contribution in [0.2, 0.25) is 0 Å². The summed E-state index contributed by atoms with van der Waals surface area (Å²) in [4.78, 5) is 18.1. The molecule has 2 aliphatic rings. The third kappa shape index (κ3) is 4.99. The maximum absolute atomic E-state index is 11.0. The first kappa shape index (κ1) is 21.2. The van der Waals surface area contributed by atoms with E-state index in [9.17, 15) is 9.90 Å². The topological polar surface area (TPSA) is 69.8 Å². The fourth-order valence-corrected chi connectivity index (χ4v) is 5.58. The van der Waals surface area contributed by atoms with Gasteiger partial charge in [-0.2, -0.15) is 0 Å². The van der Waals surface area contributed by atoms with Crippen molar-refractivity contribution < 1.29 is 9.90 Å². The lowest BCUT2D eigenvalue weighted by Crippen LogP contribution is -2.43. The number of para-hydroxylation sites is 1. The summed E-state index contributed by atoms with van der Waals surface area (Å²) in [7, 11) is 0. The van der Waals surface area contributed by atoms with E-state index in [2.05, 4.69) is 59.2 Å². The highest BCUT2D eigenvalue weighted by molar-refractivity contribution is 7.99. The predicted molar refractivity (Wildman–Crippen MR) is 122 cm³/mol. The van der Waals surface area contributed by atoms with E-state index in [1.807, 2.05) is 0 Å². The summed E-state index contributed by atoms with van der Waals surface area (Å²) < 4.78 is 0. The smallest absolute Gasteiger partial charge is 0.217 e. The second-order valence-electron chi connectivity index (χ2n) is 8.55. The van der Waals surface area contributed by atoms with Crippen molar-refractivity contribution in [3.63, 3.8) is 0 Å². The van der Waals surface area contributed by atoms with Crippen LogP contribution in [-0.4, -0.2) is 48.2 Å². The second kappa shape index (κ2) is 9.41. The van der Waals surface area contributed by atoms with E-state index in [-0.39, 0.29) is 5.91 Å². The number of aliphatic hydroxyl groups is 1. The van der Waals surface area contributed by atoms with Crippen molar-refractivity contribution in [2.45, 2.75) is 48.5 Å². The van der Waals surface area contributed by atoms with Crippen LogP contribution >= 0.6 is 11.8 Å². The normalized spacial score (nSPS) is 18.0. The quantitative estimate of drug-likeness (QED) is 0.703. The fourth-order valence-electron chi connectivity index (χ4n) is 4.51. The number of rotatable bonds is 7. The first-order valence-electron chi connectivity index (χ1n) is 10.8. The molecule has 4 rings (SSSR count). The third-order valence-corrected chi connectivity index (χ3v) is 7.28. The lowest BCUT2D eigenvalue weighted by Gasteiger charge is -2.37. The highest BCUT2D eigenvalue weighted by Gasteiger charge is 2.27. The Morgan fingerprint density at radius 1 is 1.13 bits per heavy atom. The molecule has 0 radical (unpaired) electrons. The van der Waals surface area contributed by atoms with E-state index in [0.717, 1.165) is 32.4 Å². The molecule has 2 aliphatic heterocycles. The average Bonchev–Trinajstić information content (AvgIpc) is 2.73. The second-order valence-corrected chi connectivity index (χ2v) is 9.64. The van der Waals surface area contributed by atoms with Crippen LogP contribution in [0.15, 0.2) is 52.3 Å². The molecule has 30 heavy (non-hydrogen) atoms. The Bertz CT molecular complexity index is 896. The molecule has 3 N–H and O–H groups in total.